The van der Waals surface area contributed by atoms with E-state index in [9.17, 15) is 4.79 Å². The van der Waals surface area contributed by atoms with Gasteiger partial charge < -0.3 is 9.80 Å². The number of piperazine rings is 1. The molecule has 25 heavy (non-hydrogen) atoms. The minimum atomic E-state index is 0.137. The Balaban J connectivity index is 1.46. The van der Waals surface area contributed by atoms with E-state index in [1.165, 1.54) is 11.8 Å². The zero-order valence-electron chi connectivity index (χ0n) is 14.2. The van der Waals surface area contributed by atoms with E-state index >= 15 is 0 Å². The average Bonchev–Trinajstić information content (AvgIpc) is 3.08. The lowest BCUT2D eigenvalue weighted by Crippen LogP contribution is -2.49. The second kappa shape index (κ2) is 8.58. The number of carbonyl (C=O) groups excluding carboxylic acids is 1. The molecule has 1 aliphatic heterocycles. The second-order valence-electron chi connectivity index (χ2n) is 5.95. The van der Waals surface area contributed by atoms with Crippen molar-refractivity contribution < 1.29 is 4.79 Å². The number of rotatable bonds is 6. The first-order valence-corrected chi connectivity index (χ1v) is 9.84. The summed E-state index contributed by atoms with van der Waals surface area (Å²) in [6, 6.07) is 7.84. The van der Waals surface area contributed by atoms with Crippen molar-refractivity contribution in [2.45, 2.75) is 24.9 Å². The van der Waals surface area contributed by atoms with E-state index in [1.807, 2.05) is 23.1 Å². The highest BCUT2D eigenvalue weighted by Crippen LogP contribution is 2.21. The summed E-state index contributed by atoms with van der Waals surface area (Å²) in [5.74, 6) is 1.39. The number of nitrogens with one attached hydrogen (secondary N) is 1. The maximum absolute atomic E-state index is 12.4. The third kappa shape index (κ3) is 4.89. The monoisotopic (exact) mass is 379 g/mol. The Morgan fingerprint density at radius 1 is 1.32 bits per heavy atom. The maximum Gasteiger partial charge on any atom is 0.233 e. The Bertz CT molecular complexity index is 715. The molecule has 2 aromatic rings. The highest BCUT2D eigenvalue weighted by Gasteiger charge is 2.21. The summed E-state index contributed by atoms with van der Waals surface area (Å²) in [5.41, 5.74) is 1.11. The molecule has 0 atom stereocenters. The van der Waals surface area contributed by atoms with Crippen LogP contribution in [0.3, 0.4) is 0 Å². The lowest BCUT2D eigenvalue weighted by Gasteiger charge is -2.36. The molecule has 0 spiro atoms. The van der Waals surface area contributed by atoms with Crippen LogP contribution in [0.5, 0.6) is 0 Å². The van der Waals surface area contributed by atoms with E-state index in [4.69, 9.17) is 11.6 Å². The Morgan fingerprint density at radius 3 is 2.84 bits per heavy atom. The van der Waals surface area contributed by atoms with Crippen LogP contribution in [0.25, 0.3) is 0 Å². The van der Waals surface area contributed by atoms with Crippen LogP contribution < -0.4 is 4.90 Å². The first kappa shape index (κ1) is 18.1. The molecule has 2 heterocycles. The van der Waals surface area contributed by atoms with Crippen LogP contribution in [0.4, 0.5) is 5.69 Å². The fourth-order valence-electron chi connectivity index (χ4n) is 2.80. The second-order valence-corrected chi connectivity index (χ2v) is 7.33. The largest absolute Gasteiger partial charge is 0.368 e. The number of aryl methyl sites for hydroxylation is 1. The third-order valence-corrected chi connectivity index (χ3v) is 5.20. The molecule has 1 amide bonds. The minimum Gasteiger partial charge on any atom is -0.368 e. The van der Waals surface area contributed by atoms with Gasteiger partial charge in [0.15, 0.2) is 0 Å². The number of carbonyl (C=O) groups is 1. The SMILES string of the molecule is CCCc1nc(SCC(=O)N2CCN(c3cccc(Cl)c3)CC2)n[nH]1. The number of hydrogen-bond donors (Lipinski definition) is 1. The Morgan fingerprint density at radius 2 is 2.12 bits per heavy atom. The van der Waals surface area contributed by atoms with Crippen molar-refractivity contribution >= 4 is 35.0 Å². The summed E-state index contributed by atoms with van der Waals surface area (Å²) >= 11 is 7.45. The quantitative estimate of drug-likeness (QED) is 0.782. The number of aromatic amines is 1. The number of thioether (sulfide) groups is 1. The van der Waals surface area contributed by atoms with Gasteiger partial charge >= 0.3 is 0 Å². The van der Waals surface area contributed by atoms with Crippen molar-refractivity contribution in [1.29, 1.82) is 0 Å². The molecule has 0 radical (unpaired) electrons. The highest BCUT2D eigenvalue weighted by atomic mass is 35.5. The van der Waals surface area contributed by atoms with Crippen molar-refractivity contribution in [2.24, 2.45) is 0 Å². The van der Waals surface area contributed by atoms with Gasteiger partial charge in [0, 0.05) is 43.3 Å². The molecule has 8 heteroatoms. The maximum atomic E-state index is 12.4. The van der Waals surface area contributed by atoms with Crippen molar-refractivity contribution in [3.8, 4) is 0 Å². The molecule has 0 saturated carbocycles. The summed E-state index contributed by atoms with van der Waals surface area (Å²) in [4.78, 5) is 21.0. The smallest absolute Gasteiger partial charge is 0.233 e. The van der Waals surface area contributed by atoms with Crippen LogP contribution in [0.15, 0.2) is 29.4 Å². The fourth-order valence-corrected chi connectivity index (χ4v) is 3.70. The van der Waals surface area contributed by atoms with Crippen LogP contribution >= 0.6 is 23.4 Å². The third-order valence-electron chi connectivity index (χ3n) is 4.13. The standard InChI is InChI=1S/C17H22ClN5OS/c1-2-4-15-19-17(21-20-15)25-12-16(24)23-9-7-22(8-10-23)14-6-3-5-13(18)11-14/h3,5-6,11H,2,4,7-10,12H2,1H3,(H,19,20,21). The van der Waals surface area contributed by atoms with Gasteiger partial charge in [0.25, 0.3) is 0 Å². The number of hydrogen-bond acceptors (Lipinski definition) is 5. The van der Waals surface area contributed by atoms with E-state index in [0.717, 1.165) is 55.6 Å². The van der Waals surface area contributed by atoms with Gasteiger partial charge in [-0.3, -0.25) is 9.89 Å². The lowest BCUT2D eigenvalue weighted by atomic mass is 10.2. The Kier molecular flexibility index (Phi) is 6.20. The van der Waals surface area contributed by atoms with Gasteiger partial charge in [-0.1, -0.05) is 36.4 Å². The van der Waals surface area contributed by atoms with Crippen LogP contribution in [-0.4, -0.2) is 57.9 Å². The molecule has 1 fully saturated rings. The molecular weight excluding hydrogens is 358 g/mol. The van der Waals surface area contributed by atoms with Gasteiger partial charge in [-0.05, 0) is 24.6 Å². The molecule has 134 valence electrons. The molecule has 1 aromatic carbocycles. The molecule has 0 bridgehead atoms. The molecule has 0 aliphatic carbocycles. The van der Waals surface area contributed by atoms with Gasteiger partial charge in [0.05, 0.1) is 5.75 Å². The molecule has 1 aliphatic rings. The molecule has 1 saturated heterocycles. The lowest BCUT2D eigenvalue weighted by molar-refractivity contribution is -0.128. The molecular formula is C17H22ClN5OS. The Hall–Kier alpha value is -1.73. The van der Waals surface area contributed by atoms with Gasteiger partial charge in [-0.25, -0.2) is 4.98 Å². The summed E-state index contributed by atoms with van der Waals surface area (Å²) in [7, 11) is 0. The number of anilines is 1. The molecule has 1 N–H and O–H groups in total. The minimum absolute atomic E-state index is 0.137. The first-order chi connectivity index (χ1) is 12.2. The van der Waals surface area contributed by atoms with Gasteiger partial charge in [0.1, 0.15) is 5.82 Å². The number of halogens is 1. The van der Waals surface area contributed by atoms with E-state index in [0.29, 0.717) is 10.9 Å². The number of amides is 1. The zero-order chi connectivity index (χ0) is 17.6. The topological polar surface area (TPSA) is 65.1 Å². The van der Waals surface area contributed by atoms with Gasteiger partial charge in [-0.2, -0.15) is 0 Å². The van der Waals surface area contributed by atoms with E-state index in [-0.39, 0.29) is 5.91 Å². The number of H-pyrrole nitrogens is 1. The van der Waals surface area contributed by atoms with Gasteiger partial charge in [-0.15, -0.1) is 5.10 Å². The van der Waals surface area contributed by atoms with Crippen LogP contribution in [0.2, 0.25) is 5.02 Å². The van der Waals surface area contributed by atoms with Crippen molar-refractivity contribution in [2.75, 3.05) is 36.8 Å². The first-order valence-electron chi connectivity index (χ1n) is 8.48. The van der Waals surface area contributed by atoms with Crippen molar-refractivity contribution in [1.82, 2.24) is 20.1 Å². The number of nitrogens with zero attached hydrogens (tertiary/aromatic N) is 4. The Labute approximate surface area is 156 Å². The average molecular weight is 380 g/mol. The molecule has 1 aromatic heterocycles. The normalized spacial score (nSPS) is 14.8. The van der Waals surface area contributed by atoms with Crippen LogP contribution in [0.1, 0.15) is 19.2 Å². The van der Waals surface area contributed by atoms with Crippen LogP contribution in [-0.2, 0) is 11.2 Å². The van der Waals surface area contributed by atoms with Crippen molar-refractivity contribution in [3.63, 3.8) is 0 Å². The molecule has 3 rings (SSSR count). The highest BCUT2D eigenvalue weighted by molar-refractivity contribution is 7.99. The van der Waals surface area contributed by atoms with Crippen LogP contribution in [0, 0.1) is 0 Å². The molecule has 0 unspecified atom stereocenters. The number of aromatic nitrogens is 3. The summed E-state index contributed by atoms with van der Waals surface area (Å²) in [6.07, 6.45) is 1.90. The van der Waals surface area contributed by atoms with Gasteiger partial charge in [0.2, 0.25) is 11.1 Å². The zero-order valence-corrected chi connectivity index (χ0v) is 15.8. The molecule has 6 nitrogen and oxygen atoms in total. The van der Waals surface area contributed by atoms with E-state index < -0.39 is 0 Å². The fraction of sp³-hybridized carbons (Fsp3) is 0.471. The summed E-state index contributed by atoms with van der Waals surface area (Å²) < 4.78 is 0. The predicted octanol–water partition coefficient (Wildman–Crippen LogP) is 2.85. The van der Waals surface area contributed by atoms with Crippen molar-refractivity contribution in [3.05, 3.63) is 35.1 Å². The summed E-state index contributed by atoms with van der Waals surface area (Å²) in [5, 5.41) is 8.45. The summed E-state index contributed by atoms with van der Waals surface area (Å²) in [6.45, 7) is 5.18. The van der Waals surface area contributed by atoms with E-state index in [2.05, 4.69) is 33.1 Å². The predicted molar refractivity (Wildman–Crippen MR) is 101 cm³/mol. The number of benzene rings is 1. The van der Waals surface area contributed by atoms with E-state index in [1.54, 1.807) is 0 Å².